The van der Waals surface area contributed by atoms with Gasteiger partial charge in [-0.1, -0.05) is 18.2 Å². The van der Waals surface area contributed by atoms with Gasteiger partial charge in [-0.3, -0.25) is 0 Å². The van der Waals surface area contributed by atoms with E-state index in [0.29, 0.717) is 17.0 Å². The normalized spacial score (nSPS) is 10.7. The highest BCUT2D eigenvalue weighted by atomic mass is 16.5. The monoisotopic (exact) mass is 268 g/mol. The summed E-state index contributed by atoms with van der Waals surface area (Å²) in [7, 11) is 1.56. The van der Waals surface area contributed by atoms with Crippen LogP contribution >= 0.6 is 0 Å². The smallest absolute Gasteiger partial charge is 0.337 e. The van der Waals surface area contributed by atoms with Gasteiger partial charge in [0.2, 0.25) is 0 Å². The van der Waals surface area contributed by atoms with Crippen LogP contribution < -0.4 is 4.74 Å². The minimum atomic E-state index is -0.985. The molecule has 5 nitrogen and oxygen atoms in total. The first-order valence-electron chi connectivity index (χ1n) is 6.04. The predicted molar refractivity (Wildman–Crippen MR) is 74.1 cm³/mol. The van der Waals surface area contributed by atoms with Crippen molar-refractivity contribution in [1.29, 1.82) is 0 Å². The molecule has 0 fully saturated rings. The third-order valence-electron chi connectivity index (χ3n) is 3.16. The Morgan fingerprint density at radius 2 is 2.10 bits per heavy atom. The molecule has 5 heteroatoms. The number of aromatic carboxylic acids is 1. The Bertz CT molecular complexity index is 793. The van der Waals surface area contributed by atoms with Crippen molar-refractivity contribution in [1.82, 2.24) is 9.38 Å². The van der Waals surface area contributed by atoms with Gasteiger partial charge in [0, 0.05) is 29.7 Å². The van der Waals surface area contributed by atoms with E-state index in [1.165, 1.54) is 0 Å². The molecule has 0 aliphatic heterocycles. The Morgan fingerprint density at radius 1 is 1.30 bits per heavy atom. The van der Waals surface area contributed by atoms with Gasteiger partial charge in [-0.05, 0) is 12.1 Å². The average molecular weight is 268 g/mol. The highest BCUT2D eigenvalue weighted by Crippen LogP contribution is 2.32. The van der Waals surface area contributed by atoms with E-state index in [0.717, 1.165) is 5.56 Å². The summed E-state index contributed by atoms with van der Waals surface area (Å²) < 4.78 is 6.99. The largest absolute Gasteiger partial charge is 0.496 e. The molecule has 0 spiro atoms. The quantitative estimate of drug-likeness (QED) is 0.793. The zero-order chi connectivity index (χ0) is 14.1. The number of hydrogen-bond acceptors (Lipinski definition) is 3. The second-order valence-corrected chi connectivity index (χ2v) is 4.30. The van der Waals surface area contributed by atoms with Gasteiger partial charge in [0.15, 0.2) is 0 Å². The molecule has 1 aromatic carbocycles. The molecule has 0 saturated carbocycles. The number of methoxy groups -OCH3 is 1. The lowest BCUT2D eigenvalue weighted by molar-refractivity contribution is 0.0697. The van der Waals surface area contributed by atoms with Gasteiger partial charge in [-0.2, -0.15) is 0 Å². The molecule has 0 amide bonds. The van der Waals surface area contributed by atoms with E-state index < -0.39 is 5.97 Å². The van der Waals surface area contributed by atoms with Gasteiger partial charge in [0.25, 0.3) is 0 Å². The molecule has 0 bridgehead atoms. The first-order chi connectivity index (χ1) is 9.70. The number of fused-ring (bicyclic) bond motifs is 1. The highest BCUT2D eigenvalue weighted by Gasteiger charge is 2.16. The van der Waals surface area contributed by atoms with E-state index in [-0.39, 0.29) is 5.56 Å². The maximum Gasteiger partial charge on any atom is 0.337 e. The molecule has 2 aromatic heterocycles. The Balaban J connectivity index is 2.33. The fourth-order valence-electron chi connectivity index (χ4n) is 2.22. The number of para-hydroxylation sites is 1. The third-order valence-corrected chi connectivity index (χ3v) is 3.16. The van der Waals surface area contributed by atoms with E-state index in [2.05, 4.69) is 4.98 Å². The van der Waals surface area contributed by atoms with Gasteiger partial charge in [0.05, 0.1) is 12.7 Å². The average Bonchev–Trinajstić information content (AvgIpc) is 2.93. The summed E-state index contributed by atoms with van der Waals surface area (Å²) in [6.45, 7) is 0. The van der Waals surface area contributed by atoms with Crippen LogP contribution in [0.15, 0.2) is 48.9 Å². The number of carboxylic acid groups (broad SMARTS) is 1. The first-order valence-corrected chi connectivity index (χ1v) is 6.04. The van der Waals surface area contributed by atoms with Crippen molar-refractivity contribution in [3.8, 4) is 16.9 Å². The molecule has 0 aliphatic carbocycles. The number of benzene rings is 1. The topological polar surface area (TPSA) is 63.8 Å². The van der Waals surface area contributed by atoms with Crippen LogP contribution in [0.2, 0.25) is 0 Å². The molecule has 100 valence electrons. The number of rotatable bonds is 3. The molecule has 3 rings (SSSR count). The van der Waals surface area contributed by atoms with Crippen molar-refractivity contribution in [3.05, 3.63) is 54.5 Å². The van der Waals surface area contributed by atoms with Crippen LogP contribution in [0.1, 0.15) is 10.4 Å². The Hall–Kier alpha value is -2.82. The summed E-state index contributed by atoms with van der Waals surface area (Å²) >= 11 is 0. The second kappa shape index (κ2) is 4.70. The van der Waals surface area contributed by atoms with Crippen LogP contribution in [0.25, 0.3) is 16.8 Å². The number of carbonyl (C=O) groups is 1. The van der Waals surface area contributed by atoms with Crippen LogP contribution in [-0.2, 0) is 0 Å². The van der Waals surface area contributed by atoms with Crippen LogP contribution in [0.5, 0.6) is 5.75 Å². The van der Waals surface area contributed by atoms with E-state index in [1.807, 2.05) is 18.2 Å². The molecule has 2 heterocycles. The number of aromatic nitrogens is 2. The summed E-state index contributed by atoms with van der Waals surface area (Å²) in [5.74, 6) is -0.354. The fourth-order valence-corrected chi connectivity index (χ4v) is 2.22. The van der Waals surface area contributed by atoms with Crippen molar-refractivity contribution >= 4 is 11.6 Å². The molecular weight excluding hydrogens is 256 g/mol. The fraction of sp³-hybridized carbons (Fsp3) is 0.0667. The zero-order valence-corrected chi connectivity index (χ0v) is 10.8. The van der Waals surface area contributed by atoms with Gasteiger partial charge >= 0.3 is 5.97 Å². The second-order valence-electron chi connectivity index (χ2n) is 4.30. The zero-order valence-electron chi connectivity index (χ0n) is 10.8. The highest BCUT2D eigenvalue weighted by molar-refractivity contribution is 5.97. The summed E-state index contributed by atoms with van der Waals surface area (Å²) in [4.78, 5) is 15.7. The molecule has 0 unspecified atom stereocenters. The number of pyridine rings is 1. The number of ether oxygens (including phenoxy) is 1. The minimum absolute atomic E-state index is 0.208. The molecule has 0 saturated heterocycles. The van der Waals surface area contributed by atoms with Crippen molar-refractivity contribution in [3.63, 3.8) is 0 Å². The van der Waals surface area contributed by atoms with Crippen molar-refractivity contribution in [2.45, 2.75) is 0 Å². The lowest BCUT2D eigenvalue weighted by Gasteiger charge is -2.11. The van der Waals surface area contributed by atoms with Gasteiger partial charge in [0.1, 0.15) is 11.4 Å². The van der Waals surface area contributed by atoms with Crippen molar-refractivity contribution < 1.29 is 14.6 Å². The summed E-state index contributed by atoms with van der Waals surface area (Å²) in [5, 5.41) is 9.41. The van der Waals surface area contributed by atoms with Crippen LogP contribution in [-0.4, -0.2) is 27.6 Å². The Labute approximate surface area is 115 Å². The number of carboxylic acids is 1. The Kier molecular flexibility index (Phi) is 2.87. The molecule has 1 N–H and O–H groups in total. The van der Waals surface area contributed by atoms with Gasteiger partial charge in [-0.15, -0.1) is 0 Å². The standard InChI is InChI=1S/C15H12N2O3/c1-20-13-5-3-2-4-10(13)11-8-14-16-6-7-17(14)9-12(11)15(18)19/h2-9H,1H3,(H,18,19). The predicted octanol–water partition coefficient (Wildman–Crippen LogP) is 2.71. The maximum absolute atomic E-state index is 11.5. The van der Waals surface area contributed by atoms with Crippen LogP contribution in [0.3, 0.4) is 0 Å². The summed E-state index contributed by atoms with van der Waals surface area (Å²) in [5.41, 5.74) is 2.22. The Morgan fingerprint density at radius 3 is 2.85 bits per heavy atom. The SMILES string of the molecule is COc1ccccc1-c1cc2nccn2cc1C(=O)O. The third kappa shape index (κ3) is 1.89. The molecule has 0 radical (unpaired) electrons. The number of imidazole rings is 1. The van der Waals surface area contributed by atoms with Gasteiger partial charge in [-0.25, -0.2) is 9.78 Å². The van der Waals surface area contributed by atoms with E-state index in [9.17, 15) is 9.90 Å². The van der Waals surface area contributed by atoms with Crippen LogP contribution in [0, 0.1) is 0 Å². The molecule has 0 atom stereocenters. The first kappa shape index (κ1) is 12.2. The maximum atomic E-state index is 11.5. The van der Waals surface area contributed by atoms with Crippen molar-refractivity contribution in [2.24, 2.45) is 0 Å². The number of hydrogen-bond donors (Lipinski definition) is 1. The van der Waals surface area contributed by atoms with E-state index in [4.69, 9.17) is 4.74 Å². The summed E-state index contributed by atoms with van der Waals surface area (Å²) in [6.07, 6.45) is 4.91. The molecule has 20 heavy (non-hydrogen) atoms. The molecule has 3 aromatic rings. The van der Waals surface area contributed by atoms with E-state index >= 15 is 0 Å². The van der Waals surface area contributed by atoms with Crippen LogP contribution in [0.4, 0.5) is 0 Å². The number of nitrogens with zero attached hydrogens (tertiary/aromatic N) is 2. The van der Waals surface area contributed by atoms with Gasteiger partial charge < -0.3 is 14.2 Å². The minimum Gasteiger partial charge on any atom is -0.496 e. The summed E-state index contributed by atoms with van der Waals surface area (Å²) in [6, 6.07) is 9.08. The molecular formula is C15H12N2O3. The van der Waals surface area contributed by atoms with E-state index in [1.54, 1.807) is 42.2 Å². The van der Waals surface area contributed by atoms with Crippen molar-refractivity contribution in [2.75, 3.05) is 7.11 Å². The lowest BCUT2D eigenvalue weighted by atomic mass is 10.0. The molecule has 0 aliphatic rings. The lowest BCUT2D eigenvalue weighted by Crippen LogP contribution is -2.03.